The van der Waals surface area contributed by atoms with Crippen LogP contribution in [0.3, 0.4) is 0 Å². The minimum Gasteiger partial charge on any atom is -0.481 e. The predicted octanol–water partition coefficient (Wildman–Crippen LogP) is 2.53. The van der Waals surface area contributed by atoms with Crippen molar-refractivity contribution in [1.82, 2.24) is 9.88 Å². The van der Waals surface area contributed by atoms with Crippen LogP contribution in [0.25, 0.3) is 0 Å². The van der Waals surface area contributed by atoms with Gasteiger partial charge in [-0.15, -0.1) is 11.3 Å². The normalized spacial score (nSPS) is 12.1. The molecule has 0 radical (unpaired) electrons. The van der Waals surface area contributed by atoms with E-state index in [4.69, 9.17) is 5.11 Å². The third-order valence-electron chi connectivity index (χ3n) is 2.56. The fourth-order valence-electron chi connectivity index (χ4n) is 1.56. The molecule has 1 rings (SSSR count). The van der Waals surface area contributed by atoms with Gasteiger partial charge in [-0.25, -0.2) is 4.98 Å². The highest BCUT2D eigenvalue weighted by Gasteiger charge is 2.22. The summed E-state index contributed by atoms with van der Waals surface area (Å²) in [5.41, 5.74) is 0.972. The van der Waals surface area contributed by atoms with Gasteiger partial charge in [0.25, 0.3) is 0 Å². The summed E-state index contributed by atoms with van der Waals surface area (Å²) in [5.74, 6) is -0.756. The Morgan fingerprint density at radius 1 is 1.53 bits per heavy atom. The van der Waals surface area contributed by atoms with E-state index >= 15 is 0 Å². The molecule has 4 nitrogen and oxygen atoms in total. The van der Waals surface area contributed by atoms with Crippen molar-refractivity contribution in [3.63, 3.8) is 0 Å². The van der Waals surface area contributed by atoms with Crippen LogP contribution in [0.4, 0.5) is 0 Å². The van der Waals surface area contributed by atoms with Crippen LogP contribution in [0.15, 0.2) is 5.38 Å². The molecule has 17 heavy (non-hydrogen) atoms. The van der Waals surface area contributed by atoms with Gasteiger partial charge < -0.3 is 5.11 Å². The van der Waals surface area contributed by atoms with Crippen LogP contribution in [-0.2, 0) is 11.3 Å². The molecule has 0 aliphatic heterocycles. The van der Waals surface area contributed by atoms with Gasteiger partial charge in [0.2, 0.25) is 0 Å². The lowest BCUT2D eigenvalue weighted by atomic mass is 10.1. The van der Waals surface area contributed by atoms with Crippen LogP contribution in [0.2, 0.25) is 0 Å². The Bertz CT molecular complexity index is 382. The zero-order valence-electron chi connectivity index (χ0n) is 10.9. The third kappa shape index (κ3) is 4.83. The second-order valence-corrected chi connectivity index (χ2v) is 6.16. The molecule has 0 fully saturated rings. The lowest BCUT2D eigenvalue weighted by Gasteiger charge is -2.34. The summed E-state index contributed by atoms with van der Waals surface area (Å²) in [6, 6.07) is 0. The molecule has 96 valence electrons. The molecule has 0 saturated carbocycles. The summed E-state index contributed by atoms with van der Waals surface area (Å²) < 4.78 is 0. The topological polar surface area (TPSA) is 53.4 Å². The largest absolute Gasteiger partial charge is 0.481 e. The van der Waals surface area contributed by atoms with Gasteiger partial charge >= 0.3 is 5.97 Å². The molecule has 5 heteroatoms. The molecule has 0 bridgehead atoms. The van der Waals surface area contributed by atoms with Gasteiger partial charge in [-0.1, -0.05) is 0 Å². The van der Waals surface area contributed by atoms with Crippen LogP contribution in [0.5, 0.6) is 0 Å². The summed E-state index contributed by atoms with van der Waals surface area (Å²) in [5, 5.41) is 11.8. The van der Waals surface area contributed by atoms with Gasteiger partial charge in [0.05, 0.1) is 17.1 Å². The maximum atomic E-state index is 10.6. The third-order valence-corrected chi connectivity index (χ3v) is 3.39. The Labute approximate surface area is 106 Å². The Morgan fingerprint density at radius 2 is 2.18 bits per heavy atom. The summed E-state index contributed by atoms with van der Waals surface area (Å²) in [6.45, 7) is 9.51. The average molecular weight is 256 g/mol. The molecular weight excluding hydrogens is 236 g/mol. The smallest absolute Gasteiger partial charge is 0.304 e. The van der Waals surface area contributed by atoms with Crippen molar-refractivity contribution < 1.29 is 9.90 Å². The molecule has 0 aliphatic rings. The molecule has 0 aliphatic carbocycles. The van der Waals surface area contributed by atoms with Crippen LogP contribution in [0.1, 0.15) is 37.9 Å². The van der Waals surface area contributed by atoms with Crippen molar-refractivity contribution in [3.8, 4) is 0 Å². The zero-order valence-corrected chi connectivity index (χ0v) is 11.7. The maximum Gasteiger partial charge on any atom is 0.304 e. The van der Waals surface area contributed by atoms with Crippen molar-refractivity contribution in [2.75, 3.05) is 6.54 Å². The summed E-state index contributed by atoms with van der Waals surface area (Å²) in [7, 11) is 0. The highest BCUT2D eigenvalue weighted by molar-refractivity contribution is 7.09. The first kappa shape index (κ1) is 14.1. The Hall–Kier alpha value is -0.940. The van der Waals surface area contributed by atoms with E-state index < -0.39 is 5.97 Å². The number of thiazole rings is 1. The number of aliphatic carboxylic acids is 1. The van der Waals surface area contributed by atoms with E-state index in [0.717, 1.165) is 10.7 Å². The second-order valence-electron chi connectivity index (χ2n) is 5.09. The van der Waals surface area contributed by atoms with Crippen molar-refractivity contribution in [2.24, 2.45) is 0 Å². The van der Waals surface area contributed by atoms with Gasteiger partial charge in [0.15, 0.2) is 0 Å². The minimum atomic E-state index is -0.756. The molecule has 0 unspecified atom stereocenters. The van der Waals surface area contributed by atoms with E-state index in [1.165, 1.54) is 0 Å². The summed E-state index contributed by atoms with van der Waals surface area (Å²) in [4.78, 5) is 17.2. The quantitative estimate of drug-likeness (QED) is 0.879. The number of aryl methyl sites for hydroxylation is 1. The summed E-state index contributed by atoms with van der Waals surface area (Å²) >= 11 is 1.63. The van der Waals surface area contributed by atoms with Gasteiger partial charge in [0.1, 0.15) is 0 Å². The number of hydrogen-bond donors (Lipinski definition) is 1. The van der Waals surface area contributed by atoms with Gasteiger partial charge in [-0.05, 0) is 27.7 Å². The molecule has 1 N–H and O–H groups in total. The Morgan fingerprint density at radius 3 is 2.59 bits per heavy atom. The minimum absolute atomic E-state index is 0.0486. The van der Waals surface area contributed by atoms with Crippen LogP contribution in [0, 0.1) is 6.92 Å². The molecule has 1 aromatic heterocycles. The van der Waals surface area contributed by atoms with Gasteiger partial charge in [-0.3, -0.25) is 9.69 Å². The fourth-order valence-corrected chi connectivity index (χ4v) is 2.16. The highest BCUT2D eigenvalue weighted by atomic mass is 32.1. The van der Waals surface area contributed by atoms with Crippen LogP contribution in [-0.4, -0.2) is 33.0 Å². The van der Waals surface area contributed by atoms with Crippen molar-refractivity contribution in [1.29, 1.82) is 0 Å². The average Bonchev–Trinajstić information content (AvgIpc) is 2.56. The van der Waals surface area contributed by atoms with E-state index in [2.05, 4.69) is 30.7 Å². The maximum absolute atomic E-state index is 10.6. The number of aromatic nitrogens is 1. The lowest BCUT2D eigenvalue weighted by Crippen LogP contribution is -2.42. The molecule has 0 aromatic carbocycles. The number of nitrogens with zero attached hydrogens (tertiary/aromatic N) is 2. The molecule has 0 amide bonds. The standard InChI is InChI=1S/C12H20N2O2S/c1-9-13-10(8-17-9)7-14(12(2,3)4)6-5-11(15)16/h8H,5-7H2,1-4H3,(H,15,16). The van der Waals surface area contributed by atoms with Crippen LogP contribution >= 0.6 is 11.3 Å². The number of carbonyl (C=O) groups is 1. The summed E-state index contributed by atoms with van der Waals surface area (Å²) in [6.07, 6.45) is 0.167. The SMILES string of the molecule is Cc1nc(CN(CCC(=O)O)C(C)(C)C)cs1. The molecular formula is C12H20N2O2S. The Balaban J connectivity index is 2.67. The monoisotopic (exact) mass is 256 g/mol. The van der Waals surface area contributed by atoms with E-state index in [9.17, 15) is 4.79 Å². The lowest BCUT2D eigenvalue weighted by molar-refractivity contribution is -0.137. The first-order chi connectivity index (χ1) is 7.79. The predicted molar refractivity (Wildman–Crippen MR) is 69.3 cm³/mol. The second kappa shape index (κ2) is 5.60. The fraction of sp³-hybridized carbons (Fsp3) is 0.667. The number of hydrogen-bond acceptors (Lipinski definition) is 4. The number of carboxylic acids is 1. The molecule has 0 atom stereocenters. The zero-order chi connectivity index (χ0) is 13.1. The molecule has 1 heterocycles. The number of carboxylic acid groups (broad SMARTS) is 1. The van der Waals surface area contributed by atoms with E-state index in [-0.39, 0.29) is 12.0 Å². The Kier molecular flexibility index (Phi) is 4.65. The number of rotatable bonds is 5. The molecule has 1 aromatic rings. The molecule has 0 spiro atoms. The first-order valence-electron chi connectivity index (χ1n) is 5.67. The van der Waals surface area contributed by atoms with Gasteiger partial charge in [0, 0.05) is 24.0 Å². The van der Waals surface area contributed by atoms with E-state index in [0.29, 0.717) is 13.1 Å². The van der Waals surface area contributed by atoms with Crippen LogP contribution < -0.4 is 0 Å². The van der Waals surface area contributed by atoms with Crippen molar-refractivity contribution >= 4 is 17.3 Å². The highest BCUT2D eigenvalue weighted by Crippen LogP contribution is 2.18. The van der Waals surface area contributed by atoms with Crippen molar-refractivity contribution in [2.45, 2.75) is 46.2 Å². The first-order valence-corrected chi connectivity index (χ1v) is 6.55. The molecule has 0 saturated heterocycles. The van der Waals surface area contributed by atoms with Gasteiger partial charge in [-0.2, -0.15) is 0 Å². The van der Waals surface area contributed by atoms with Crippen molar-refractivity contribution in [3.05, 3.63) is 16.1 Å². The van der Waals surface area contributed by atoms with E-state index in [1.807, 2.05) is 12.3 Å². The van der Waals surface area contributed by atoms with E-state index in [1.54, 1.807) is 11.3 Å².